The fourth-order valence-electron chi connectivity index (χ4n) is 2.43. The Morgan fingerprint density at radius 3 is 2.35 bits per heavy atom. The van der Waals surface area contributed by atoms with Crippen LogP contribution in [-0.4, -0.2) is 43.9 Å². The number of benzene rings is 2. The van der Waals surface area contributed by atoms with Gasteiger partial charge < -0.3 is 9.47 Å². The van der Waals surface area contributed by atoms with E-state index >= 15 is 0 Å². The average molecular weight is 399 g/mol. The molecule has 0 aliphatic carbocycles. The largest absolute Gasteiger partial charge is 0.456 e. The minimum atomic E-state index is -3.58. The van der Waals surface area contributed by atoms with Crippen LogP contribution >= 0.6 is 11.6 Å². The third-order valence-corrected chi connectivity index (χ3v) is 5.99. The van der Waals surface area contributed by atoms with Crippen molar-refractivity contribution in [1.82, 2.24) is 4.31 Å². The van der Waals surface area contributed by atoms with Crippen LogP contribution in [0, 0.1) is 10.1 Å². The number of hydrogen-bond acceptors (Lipinski definition) is 6. The molecule has 0 saturated carbocycles. The molecule has 1 fully saturated rings. The van der Waals surface area contributed by atoms with Crippen molar-refractivity contribution in [2.45, 2.75) is 4.90 Å². The summed E-state index contributed by atoms with van der Waals surface area (Å²) < 4.78 is 37.2. The number of hydrogen-bond donors (Lipinski definition) is 0. The third kappa shape index (κ3) is 3.96. The first-order valence-electron chi connectivity index (χ1n) is 7.68. The summed E-state index contributed by atoms with van der Waals surface area (Å²) in [6.07, 6.45) is 0. The highest BCUT2D eigenvalue weighted by Crippen LogP contribution is 2.32. The zero-order valence-corrected chi connectivity index (χ0v) is 15.1. The summed E-state index contributed by atoms with van der Waals surface area (Å²) in [7, 11) is -3.58. The standard InChI is InChI=1S/C16H15ClN2O6S/c17-15-11-12(19(20)21)1-6-16(15)25-13-2-4-14(5-3-13)26(22,23)18-7-9-24-10-8-18/h1-6,11H,7-10H2. The van der Waals surface area contributed by atoms with Crippen LogP contribution in [0.2, 0.25) is 5.02 Å². The maximum Gasteiger partial charge on any atom is 0.271 e. The summed E-state index contributed by atoms with van der Waals surface area (Å²) in [4.78, 5) is 10.3. The summed E-state index contributed by atoms with van der Waals surface area (Å²) in [6.45, 7) is 1.39. The number of nitro benzene ring substituents is 1. The van der Waals surface area contributed by atoms with Gasteiger partial charge in [-0.3, -0.25) is 10.1 Å². The summed E-state index contributed by atoms with van der Waals surface area (Å²) in [5, 5.41) is 10.8. The molecule has 26 heavy (non-hydrogen) atoms. The van der Waals surface area contributed by atoms with Crippen LogP contribution in [0.4, 0.5) is 5.69 Å². The highest BCUT2D eigenvalue weighted by molar-refractivity contribution is 7.89. The highest BCUT2D eigenvalue weighted by atomic mass is 35.5. The molecule has 1 saturated heterocycles. The molecule has 1 aliphatic rings. The minimum Gasteiger partial charge on any atom is -0.456 e. The molecule has 0 bridgehead atoms. The third-order valence-electron chi connectivity index (χ3n) is 3.79. The van der Waals surface area contributed by atoms with E-state index in [1.54, 1.807) is 0 Å². The lowest BCUT2D eigenvalue weighted by Gasteiger charge is -2.26. The number of ether oxygens (including phenoxy) is 2. The van der Waals surface area contributed by atoms with Gasteiger partial charge in [-0.2, -0.15) is 4.31 Å². The smallest absolute Gasteiger partial charge is 0.271 e. The molecule has 1 aliphatic heterocycles. The molecule has 0 aromatic heterocycles. The average Bonchev–Trinajstić information content (AvgIpc) is 2.64. The predicted molar refractivity (Wildman–Crippen MR) is 94.2 cm³/mol. The number of nitro groups is 1. The van der Waals surface area contributed by atoms with Gasteiger partial charge in [-0.05, 0) is 30.3 Å². The molecule has 138 valence electrons. The topological polar surface area (TPSA) is 99.0 Å². The maximum atomic E-state index is 12.6. The van der Waals surface area contributed by atoms with Crippen molar-refractivity contribution in [3.63, 3.8) is 0 Å². The second-order valence-electron chi connectivity index (χ2n) is 5.46. The molecule has 0 spiro atoms. The normalized spacial score (nSPS) is 15.6. The van der Waals surface area contributed by atoms with Gasteiger partial charge in [-0.25, -0.2) is 8.42 Å². The molecule has 0 unspecified atom stereocenters. The van der Waals surface area contributed by atoms with Gasteiger partial charge in [0.25, 0.3) is 5.69 Å². The van der Waals surface area contributed by atoms with Crippen LogP contribution in [-0.2, 0) is 14.8 Å². The molecule has 1 heterocycles. The van der Waals surface area contributed by atoms with Crippen LogP contribution in [0.25, 0.3) is 0 Å². The fourth-order valence-corrected chi connectivity index (χ4v) is 4.05. The molecule has 0 N–H and O–H groups in total. The van der Waals surface area contributed by atoms with E-state index < -0.39 is 14.9 Å². The quantitative estimate of drug-likeness (QED) is 0.567. The molecule has 0 amide bonds. The van der Waals surface area contributed by atoms with E-state index in [-0.39, 0.29) is 21.4 Å². The Morgan fingerprint density at radius 2 is 1.77 bits per heavy atom. The van der Waals surface area contributed by atoms with Crippen LogP contribution in [0.1, 0.15) is 0 Å². The van der Waals surface area contributed by atoms with E-state index in [4.69, 9.17) is 21.1 Å². The first kappa shape index (κ1) is 18.6. The van der Waals surface area contributed by atoms with E-state index in [0.29, 0.717) is 32.1 Å². The number of sulfonamides is 1. The molecule has 8 nitrogen and oxygen atoms in total. The Morgan fingerprint density at radius 1 is 1.12 bits per heavy atom. The van der Waals surface area contributed by atoms with Crippen LogP contribution in [0.3, 0.4) is 0 Å². The second-order valence-corrected chi connectivity index (χ2v) is 7.81. The van der Waals surface area contributed by atoms with E-state index in [0.717, 1.165) is 0 Å². The second kappa shape index (κ2) is 7.58. The Kier molecular flexibility index (Phi) is 5.42. The molecule has 0 atom stereocenters. The predicted octanol–water partition coefficient (Wildman–Crippen LogP) is 3.06. The SMILES string of the molecule is O=[N+]([O-])c1ccc(Oc2ccc(S(=O)(=O)N3CCOCC3)cc2)c(Cl)c1. The molecule has 3 rings (SSSR count). The summed E-state index contributed by atoms with van der Waals surface area (Å²) in [6, 6.07) is 9.75. The number of rotatable bonds is 5. The van der Waals surface area contributed by atoms with Gasteiger partial charge >= 0.3 is 0 Å². The fraction of sp³-hybridized carbons (Fsp3) is 0.250. The zero-order chi connectivity index (χ0) is 18.7. The molecule has 2 aromatic rings. The van der Waals surface area contributed by atoms with Crippen molar-refractivity contribution in [2.24, 2.45) is 0 Å². The van der Waals surface area contributed by atoms with Crippen LogP contribution < -0.4 is 4.74 Å². The first-order chi connectivity index (χ1) is 12.4. The van der Waals surface area contributed by atoms with Crippen LogP contribution in [0.15, 0.2) is 47.4 Å². The lowest BCUT2D eigenvalue weighted by molar-refractivity contribution is -0.384. The van der Waals surface area contributed by atoms with Gasteiger partial charge in [0, 0.05) is 25.2 Å². The Hall–Kier alpha value is -2.20. The summed E-state index contributed by atoms with van der Waals surface area (Å²) in [5.74, 6) is 0.600. The van der Waals surface area contributed by atoms with Crippen molar-refractivity contribution in [3.05, 3.63) is 57.6 Å². The number of halogens is 1. The molecule has 10 heteroatoms. The van der Waals surface area contributed by atoms with Gasteiger partial charge in [-0.15, -0.1) is 0 Å². The van der Waals surface area contributed by atoms with Gasteiger partial charge in [0.15, 0.2) is 0 Å². The number of non-ortho nitro benzene ring substituents is 1. The Bertz CT molecular complexity index is 911. The van der Waals surface area contributed by atoms with Gasteiger partial charge in [0.05, 0.1) is 28.1 Å². The monoisotopic (exact) mass is 398 g/mol. The van der Waals surface area contributed by atoms with Gasteiger partial charge in [0.2, 0.25) is 10.0 Å². The molecule has 2 aromatic carbocycles. The lowest BCUT2D eigenvalue weighted by Crippen LogP contribution is -2.40. The maximum absolute atomic E-state index is 12.6. The van der Waals surface area contributed by atoms with E-state index in [9.17, 15) is 18.5 Å². The zero-order valence-electron chi connectivity index (χ0n) is 13.5. The van der Waals surface area contributed by atoms with Gasteiger partial charge in [0.1, 0.15) is 11.5 Å². The number of morpholine rings is 1. The lowest BCUT2D eigenvalue weighted by atomic mass is 10.3. The van der Waals surface area contributed by atoms with E-state index in [2.05, 4.69) is 0 Å². The van der Waals surface area contributed by atoms with Gasteiger partial charge in [-0.1, -0.05) is 11.6 Å². The minimum absolute atomic E-state index is 0.0872. The van der Waals surface area contributed by atoms with E-state index in [1.807, 2.05) is 0 Å². The highest BCUT2D eigenvalue weighted by Gasteiger charge is 2.26. The Balaban J connectivity index is 1.76. The van der Waals surface area contributed by atoms with E-state index in [1.165, 1.54) is 46.8 Å². The van der Waals surface area contributed by atoms with Crippen molar-refractivity contribution in [1.29, 1.82) is 0 Å². The molecular formula is C16H15ClN2O6S. The van der Waals surface area contributed by atoms with Crippen molar-refractivity contribution in [3.8, 4) is 11.5 Å². The number of nitrogens with zero attached hydrogens (tertiary/aromatic N) is 2. The van der Waals surface area contributed by atoms with Crippen molar-refractivity contribution >= 4 is 27.3 Å². The summed E-state index contributed by atoms with van der Waals surface area (Å²) in [5.41, 5.74) is -0.144. The molecular weight excluding hydrogens is 384 g/mol. The Labute approximate surface area is 155 Å². The molecule has 0 radical (unpaired) electrons. The first-order valence-corrected chi connectivity index (χ1v) is 9.49. The van der Waals surface area contributed by atoms with Crippen LogP contribution in [0.5, 0.6) is 11.5 Å². The van der Waals surface area contributed by atoms with Crippen molar-refractivity contribution < 1.29 is 22.8 Å². The summed E-state index contributed by atoms with van der Waals surface area (Å²) >= 11 is 5.98. The van der Waals surface area contributed by atoms with Crippen molar-refractivity contribution in [2.75, 3.05) is 26.3 Å².